The maximum atomic E-state index is 14.5. The molecule has 0 atom stereocenters. The number of hydrogen-bond donors (Lipinski definition) is 0. The van der Waals surface area contributed by atoms with E-state index in [1.165, 1.54) is 6.07 Å². The summed E-state index contributed by atoms with van der Waals surface area (Å²) in [5, 5.41) is 0.421. The van der Waals surface area contributed by atoms with Gasteiger partial charge in [-0.1, -0.05) is 6.92 Å². The van der Waals surface area contributed by atoms with E-state index >= 15 is 0 Å². The number of ether oxygens (including phenoxy) is 1. The molecule has 3 aromatic rings. The normalized spacial score (nSPS) is 15.3. The molecule has 6 heteroatoms. The molecule has 3 heterocycles. The van der Waals surface area contributed by atoms with Crippen molar-refractivity contribution in [3.63, 3.8) is 0 Å². The van der Waals surface area contributed by atoms with Gasteiger partial charge in [0.05, 0.1) is 10.9 Å². The van der Waals surface area contributed by atoms with Crippen molar-refractivity contribution in [3.8, 4) is 5.75 Å². The summed E-state index contributed by atoms with van der Waals surface area (Å²) in [4.78, 5) is 24.6. The number of fused-ring (bicyclic) bond motifs is 6. The van der Waals surface area contributed by atoms with Gasteiger partial charge in [0.2, 0.25) is 5.82 Å². The Morgan fingerprint density at radius 1 is 1.12 bits per heavy atom. The summed E-state index contributed by atoms with van der Waals surface area (Å²) >= 11 is 0. The maximum absolute atomic E-state index is 14.5. The highest BCUT2D eigenvalue weighted by Gasteiger charge is 2.31. The van der Waals surface area contributed by atoms with E-state index < -0.39 is 17.0 Å². The average Bonchev–Trinajstić information content (AvgIpc) is 2.55. The Morgan fingerprint density at radius 2 is 1.85 bits per heavy atom. The first-order valence-electron chi connectivity index (χ1n) is 8.37. The van der Waals surface area contributed by atoms with Crippen LogP contribution in [0.1, 0.15) is 37.7 Å². The van der Waals surface area contributed by atoms with Gasteiger partial charge in [0, 0.05) is 11.6 Å². The Bertz CT molecular complexity index is 1230. The molecule has 1 aliphatic heterocycles. The minimum absolute atomic E-state index is 0.00171. The predicted octanol–water partition coefficient (Wildman–Crippen LogP) is 4.09. The molecule has 2 aromatic heterocycles. The largest absolute Gasteiger partial charge is 0.482 e. The van der Waals surface area contributed by atoms with Gasteiger partial charge in [-0.15, -0.1) is 0 Å². The van der Waals surface area contributed by atoms with E-state index in [4.69, 9.17) is 13.6 Å². The topological polar surface area (TPSA) is 69.7 Å². The van der Waals surface area contributed by atoms with Crippen molar-refractivity contribution < 1.29 is 18.0 Å². The molecule has 0 aliphatic carbocycles. The molecule has 1 aromatic carbocycles. The fourth-order valence-corrected chi connectivity index (χ4v) is 3.40. The van der Waals surface area contributed by atoms with Gasteiger partial charge in [0.1, 0.15) is 22.5 Å². The molecule has 0 amide bonds. The zero-order valence-electron chi connectivity index (χ0n) is 14.9. The van der Waals surface area contributed by atoms with Crippen LogP contribution in [-0.4, -0.2) is 5.60 Å². The van der Waals surface area contributed by atoms with Gasteiger partial charge in [-0.3, -0.25) is 4.79 Å². The first-order chi connectivity index (χ1) is 12.2. The molecule has 5 nitrogen and oxygen atoms in total. The number of rotatable bonds is 1. The number of halogens is 1. The van der Waals surface area contributed by atoms with E-state index in [1.54, 1.807) is 19.9 Å². The molecule has 0 saturated carbocycles. The molecular weight excluding hydrogens is 339 g/mol. The van der Waals surface area contributed by atoms with Crippen LogP contribution < -0.4 is 15.8 Å². The van der Waals surface area contributed by atoms with Crippen molar-refractivity contribution in [2.24, 2.45) is 0 Å². The lowest BCUT2D eigenvalue weighted by Crippen LogP contribution is -2.28. The summed E-state index contributed by atoms with van der Waals surface area (Å²) in [7, 11) is 0. The average molecular weight is 356 g/mol. The van der Waals surface area contributed by atoms with Crippen LogP contribution in [0, 0.1) is 12.7 Å². The Hall–Kier alpha value is -2.89. The Balaban J connectivity index is 2.38. The van der Waals surface area contributed by atoms with E-state index in [0.29, 0.717) is 22.5 Å². The third kappa shape index (κ3) is 2.21. The standard InChI is InChI=1S/C20H17FO5/c1-5-10-13-17-11(6-7-20(3,4)26-17)16-14(12(22)8-9(2)24-16)18(13)25-19(23)15(10)21/h6-8H,5H2,1-4H3. The van der Waals surface area contributed by atoms with E-state index in [0.717, 1.165) is 0 Å². The van der Waals surface area contributed by atoms with Gasteiger partial charge in [0.15, 0.2) is 16.6 Å². The molecule has 0 saturated heterocycles. The highest BCUT2D eigenvalue weighted by molar-refractivity contribution is 6.10. The molecule has 4 rings (SSSR count). The third-order valence-electron chi connectivity index (χ3n) is 4.55. The number of aryl methyl sites for hydroxylation is 2. The van der Waals surface area contributed by atoms with Gasteiger partial charge in [-0.25, -0.2) is 4.79 Å². The van der Waals surface area contributed by atoms with Gasteiger partial charge < -0.3 is 13.6 Å². The van der Waals surface area contributed by atoms with E-state index in [-0.39, 0.29) is 34.0 Å². The summed E-state index contributed by atoms with van der Waals surface area (Å²) in [5.41, 5.74) is -1.14. The van der Waals surface area contributed by atoms with Crippen molar-refractivity contribution in [2.45, 2.75) is 39.7 Å². The zero-order valence-corrected chi connectivity index (χ0v) is 14.9. The Morgan fingerprint density at radius 3 is 2.54 bits per heavy atom. The van der Waals surface area contributed by atoms with Crippen LogP contribution >= 0.6 is 0 Å². The molecule has 134 valence electrons. The monoisotopic (exact) mass is 356 g/mol. The smallest absolute Gasteiger partial charge is 0.372 e. The van der Waals surface area contributed by atoms with Gasteiger partial charge in [-0.2, -0.15) is 4.39 Å². The molecule has 1 aliphatic rings. The first-order valence-corrected chi connectivity index (χ1v) is 8.37. The van der Waals surface area contributed by atoms with Gasteiger partial charge >= 0.3 is 5.63 Å². The summed E-state index contributed by atoms with van der Waals surface area (Å²) in [6.45, 7) is 7.11. The number of hydrogen-bond acceptors (Lipinski definition) is 5. The van der Waals surface area contributed by atoms with Crippen LogP contribution in [0.15, 0.2) is 30.6 Å². The van der Waals surface area contributed by atoms with Crippen molar-refractivity contribution in [1.82, 2.24) is 0 Å². The zero-order chi connectivity index (χ0) is 18.8. The van der Waals surface area contributed by atoms with E-state index in [1.807, 2.05) is 19.9 Å². The maximum Gasteiger partial charge on any atom is 0.372 e. The molecule has 0 radical (unpaired) electrons. The molecule has 0 spiro atoms. The second-order valence-electron chi connectivity index (χ2n) is 6.95. The van der Waals surface area contributed by atoms with Crippen LogP contribution in [0.25, 0.3) is 28.0 Å². The first kappa shape index (κ1) is 16.6. The second-order valence-corrected chi connectivity index (χ2v) is 6.95. The Labute approximate surface area is 147 Å². The summed E-state index contributed by atoms with van der Waals surface area (Å²) in [6, 6.07) is 1.32. The fraction of sp³-hybridized carbons (Fsp3) is 0.300. The molecule has 26 heavy (non-hydrogen) atoms. The Kier molecular flexibility index (Phi) is 3.38. The summed E-state index contributed by atoms with van der Waals surface area (Å²) in [5.74, 6) is -0.190. The van der Waals surface area contributed by atoms with Crippen LogP contribution in [0.5, 0.6) is 5.75 Å². The van der Waals surface area contributed by atoms with Gasteiger partial charge in [-0.05, 0) is 39.3 Å². The second kappa shape index (κ2) is 5.30. The lowest BCUT2D eigenvalue weighted by Gasteiger charge is -2.29. The minimum Gasteiger partial charge on any atom is -0.482 e. The van der Waals surface area contributed by atoms with Crippen molar-refractivity contribution in [3.05, 3.63) is 55.5 Å². The lowest BCUT2D eigenvalue weighted by molar-refractivity contribution is 0.161. The van der Waals surface area contributed by atoms with Crippen LogP contribution in [0.2, 0.25) is 0 Å². The third-order valence-corrected chi connectivity index (χ3v) is 4.55. The molecular formula is C20H17FO5. The van der Waals surface area contributed by atoms with Crippen LogP contribution in [0.3, 0.4) is 0 Å². The van der Waals surface area contributed by atoms with Crippen LogP contribution in [0.4, 0.5) is 4.39 Å². The predicted molar refractivity (Wildman–Crippen MR) is 96.3 cm³/mol. The summed E-state index contributed by atoms with van der Waals surface area (Å²) in [6.07, 6.45) is 3.88. The van der Waals surface area contributed by atoms with Crippen molar-refractivity contribution in [1.29, 1.82) is 0 Å². The fourth-order valence-electron chi connectivity index (χ4n) is 3.40. The molecule has 0 fully saturated rings. The van der Waals surface area contributed by atoms with Crippen LogP contribution in [-0.2, 0) is 6.42 Å². The molecule has 0 unspecified atom stereocenters. The quantitative estimate of drug-likeness (QED) is 0.485. The highest BCUT2D eigenvalue weighted by Crippen LogP contribution is 2.43. The minimum atomic E-state index is -1.11. The van der Waals surface area contributed by atoms with Crippen molar-refractivity contribution in [2.75, 3.05) is 0 Å². The SMILES string of the molecule is CCc1c(F)c(=O)oc2c1c1c(c3oc(C)cc(=O)c32)C=CC(C)(C)O1. The molecule has 0 bridgehead atoms. The molecule has 0 N–H and O–H groups in total. The lowest BCUT2D eigenvalue weighted by atomic mass is 9.95. The van der Waals surface area contributed by atoms with E-state index in [2.05, 4.69) is 0 Å². The van der Waals surface area contributed by atoms with E-state index in [9.17, 15) is 14.0 Å². The highest BCUT2D eigenvalue weighted by atomic mass is 19.1. The summed E-state index contributed by atoms with van der Waals surface area (Å²) < 4.78 is 31.5. The van der Waals surface area contributed by atoms with Crippen molar-refractivity contribution >= 4 is 28.0 Å². The van der Waals surface area contributed by atoms with Gasteiger partial charge in [0.25, 0.3) is 0 Å². The number of benzene rings is 1.